The Morgan fingerprint density at radius 3 is 2.38 bits per heavy atom. The largest absolute Gasteiger partial charge is 0.350 e. The van der Waals surface area contributed by atoms with Crippen LogP contribution < -0.4 is 10.7 Å². The molecule has 0 bridgehead atoms. The molecule has 1 atom stereocenters. The molecule has 2 aromatic rings. The first-order valence-electron chi connectivity index (χ1n) is 9.34. The van der Waals surface area contributed by atoms with Crippen molar-refractivity contribution in [2.45, 2.75) is 19.5 Å². The molecule has 3 amide bonds. The summed E-state index contributed by atoms with van der Waals surface area (Å²) in [5.41, 5.74) is 3.99. The zero-order chi connectivity index (χ0) is 20.8. The minimum absolute atomic E-state index is 0.160. The molecule has 8 heteroatoms. The van der Waals surface area contributed by atoms with E-state index in [0.29, 0.717) is 25.2 Å². The fourth-order valence-electron chi connectivity index (χ4n) is 3.20. The molecule has 1 aliphatic rings. The van der Waals surface area contributed by atoms with Crippen molar-refractivity contribution in [3.63, 3.8) is 0 Å². The summed E-state index contributed by atoms with van der Waals surface area (Å²) in [6, 6.07) is 13.9. The number of hydrazine groups is 1. The zero-order valence-electron chi connectivity index (χ0n) is 16.1. The Morgan fingerprint density at radius 1 is 1.03 bits per heavy atom. The van der Waals surface area contributed by atoms with Crippen LogP contribution in [0.2, 0.25) is 0 Å². The Labute approximate surface area is 168 Å². The lowest BCUT2D eigenvalue weighted by molar-refractivity contribution is -0.143. The number of rotatable bonds is 5. The minimum atomic E-state index is -0.724. The third-order valence-corrected chi connectivity index (χ3v) is 4.76. The van der Waals surface area contributed by atoms with E-state index in [9.17, 15) is 18.8 Å². The first-order valence-corrected chi connectivity index (χ1v) is 9.34. The Balaban J connectivity index is 1.63. The number of hydrogen-bond acceptors (Lipinski definition) is 4. The number of carbonyl (C=O) groups excluding carboxylic acids is 3. The van der Waals surface area contributed by atoms with E-state index in [0.717, 1.165) is 5.56 Å². The molecule has 0 aliphatic carbocycles. The van der Waals surface area contributed by atoms with E-state index in [1.54, 1.807) is 5.01 Å². The molecule has 0 aromatic heterocycles. The van der Waals surface area contributed by atoms with E-state index in [2.05, 4.69) is 10.7 Å². The number of halogens is 1. The van der Waals surface area contributed by atoms with Crippen LogP contribution in [0.3, 0.4) is 0 Å². The number of nitrogens with one attached hydrogen (secondary N) is 2. The number of hydrogen-bond donors (Lipinski definition) is 2. The second-order valence-corrected chi connectivity index (χ2v) is 6.83. The SMILES string of the molecule is CC(=O)N1CCN(NC(=O)c2ccc(F)cc2)CC1C(=O)NCc1ccccc1. The lowest BCUT2D eigenvalue weighted by Crippen LogP contribution is -2.63. The average molecular weight is 398 g/mol. The first-order chi connectivity index (χ1) is 13.9. The van der Waals surface area contributed by atoms with E-state index < -0.39 is 17.8 Å². The van der Waals surface area contributed by atoms with Gasteiger partial charge in [-0.05, 0) is 29.8 Å². The zero-order valence-corrected chi connectivity index (χ0v) is 16.1. The number of nitrogens with zero attached hydrogens (tertiary/aromatic N) is 2. The Bertz CT molecular complexity index is 873. The van der Waals surface area contributed by atoms with Crippen LogP contribution in [0.15, 0.2) is 54.6 Å². The van der Waals surface area contributed by atoms with Crippen LogP contribution in [0.1, 0.15) is 22.8 Å². The highest BCUT2D eigenvalue weighted by molar-refractivity contribution is 5.94. The molecule has 29 heavy (non-hydrogen) atoms. The van der Waals surface area contributed by atoms with E-state index in [-0.39, 0.29) is 18.4 Å². The van der Waals surface area contributed by atoms with Crippen LogP contribution in [-0.2, 0) is 16.1 Å². The second kappa shape index (κ2) is 9.29. The van der Waals surface area contributed by atoms with Crippen molar-refractivity contribution in [3.05, 3.63) is 71.5 Å². The third-order valence-electron chi connectivity index (χ3n) is 4.76. The van der Waals surface area contributed by atoms with Gasteiger partial charge in [-0.25, -0.2) is 9.40 Å². The second-order valence-electron chi connectivity index (χ2n) is 6.83. The van der Waals surface area contributed by atoms with E-state index in [1.807, 2.05) is 30.3 Å². The highest BCUT2D eigenvalue weighted by Crippen LogP contribution is 2.11. The molecule has 2 N–H and O–H groups in total. The molecule has 0 radical (unpaired) electrons. The summed E-state index contributed by atoms with van der Waals surface area (Å²) in [5, 5.41) is 4.46. The molecule has 3 rings (SSSR count). The van der Waals surface area contributed by atoms with Gasteiger partial charge >= 0.3 is 0 Å². The maximum absolute atomic E-state index is 13.0. The predicted octanol–water partition coefficient (Wildman–Crippen LogP) is 1.32. The predicted molar refractivity (Wildman–Crippen MR) is 105 cm³/mol. The summed E-state index contributed by atoms with van der Waals surface area (Å²) in [7, 11) is 0. The summed E-state index contributed by atoms with van der Waals surface area (Å²) in [4.78, 5) is 38.6. The van der Waals surface area contributed by atoms with Gasteiger partial charge in [0.15, 0.2) is 0 Å². The monoisotopic (exact) mass is 398 g/mol. The first kappa shape index (κ1) is 20.5. The average Bonchev–Trinajstić information content (AvgIpc) is 2.73. The van der Waals surface area contributed by atoms with Crippen LogP contribution in [0.4, 0.5) is 4.39 Å². The highest BCUT2D eigenvalue weighted by Gasteiger charge is 2.34. The molecule has 1 heterocycles. The van der Waals surface area contributed by atoms with Crippen LogP contribution >= 0.6 is 0 Å². The van der Waals surface area contributed by atoms with Gasteiger partial charge in [-0.15, -0.1) is 0 Å². The molecule has 1 unspecified atom stereocenters. The fraction of sp³-hybridized carbons (Fsp3) is 0.286. The Morgan fingerprint density at radius 2 is 1.72 bits per heavy atom. The van der Waals surface area contributed by atoms with E-state index in [1.165, 1.54) is 36.1 Å². The van der Waals surface area contributed by atoms with E-state index in [4.69, 9.17) is 0 Å². The fourth-order valence-corrected chi connectivity index (χ4v) is 3.20. The van der Waals surface area contributed by atoms with Gasteiger partial charge in [-0.3, -0.25) is 19.8 Å². The van der Waals surface area contributed by atoms with Crippen LogP contribution in [-0.4, -0.2) is 53.3 Å². The summed E-state index contributed by atoms with van der Waals surface area (Å²) < 4.78 is 13.0. The van der Waals surface area contributed by atoms with Crippen LogP contribution in [0.5, 0.6) is 0 Å². The molecular formula is C21H23FN4O3. The Hall–Kier alpha value is -3.26. The van der Waals surface area contributed by atoms with Gasteiger partial charge in [0, 0.05) is 38.7 Å². The molecule has 2 aromatic carbocycles. The van der Waals surface area contributed by atoms with Crippen LogP contribution in [0, 0.1) is 5.82 Å². The summed E-state index contributed by atoms with van der Waals surface area (Å²) in [6.45, 7) is 2.62. The third kappa shape index (κ3) is 5.39. The van der Waals surface area contributed by atoms with Gasteiger partial charge in [0.05, 0.1) is 0 Å². The van der Waals surface area contributed by atoms with E-state index >= 15 is 0 Å². The lowest BCUT2D eigenvalue weighted by atomic mass is 10.1. The van der Waals surface area contributed by atoms with Crippen LogP contribution in [0.25, 0.3) is 0 Å². The number of carbonyl (C=O) groups is 3. The standard InChI is InChI=1S/C21H23FN4O3/c1-15(27)26-12-11-25(24-20(28)17-7-9-18(22)10-8-17)14-19(26)21(29)23-13-16-5-3-2-4-6-16/h2-10,19H,11-14H2,1H3,(H,23,29)(H,24,28). The highest BCUT2D eigenvalue weighted by atomic mass is 19.1. The van der Waals surface area contributed by atoms with Crippen molar-refractivity contribution < 1.29 is 18.8 Å². The topological polar surface area (TPSA) is 81.8 Å². The molecule has 1 fully saturated rings. The van der Waals surface area contributed by atoms with Crippen molar-refractivity contribution in [3.8, 4) is 0 Å². The molecule has 1 aliphatic heterocycles. The number of piperazine rings is 1. The van der Waals surface area contributed by atoms with Crippen molar-refractivity contribution in [2.24, 2.45) is 0 Å². The lowest BCUT2D eigenvalue weighted by Gasteiger charge is -2.40. The maximum atomic E-state index is 13.0. The number of benzene rings is 2. The van der Waals surface area contributed by atoms with Gasteiger partial charge in [-0.2, -0.15) is 0 Å². The van der Waals surface area contributed by atoms with Gasteiger partial charge in [0.1, 0.15) is 11.9 Å². The summed E-state index contributed by atoms with van der Waals surface area (Å²) >= 11 is 0. The molecule has 7 nitrogen and oxygen atoms in total. The molecule has 0 saturated carbocycles. The quantitative estimate of drug-likeness (QED) is 0.796. The molecule has 152 valence electrons. The Kier molecular flexibility index (Phi) is 6.56. The van der Waals surface area contributed by atoms with Gasteiger partial charge in [0.2, 0.25) is 11.8 Å². The van der Waals surface area contributed by atoms with Gasteiger partial charge in [0.25, 0.3) is 5.91 Å². The number of amides is 3. The smallest absolute Gasteiger partial charge is 0.265 e. The summed E-state index contributed by atoms with van der Waals surface area (Å²) in [6.07, 6.45) is 0. The van der Waals surface area contributed by atoms with Gasteiger partial charge in [-0.1, -0.05) is 30.3 Å². The van der Waals surface area contributed by atoms with Gasteiger partial charge < -0.3 is 10.2 Å². The van der Waals surface area contributed by atoms with Crippen molar-refractivity contribution >= 4 is 17.7 Å². The van der Waals surface area contributed by atoms with Crippen molar-refractivity contribution in [1.29, 1.82) is 0 Å². The molecule has 1 saturated heterocycles. The summed E-state index contributed by atoms with van der Waals surface area (Å²) in [5.74, 6) is -1.31. The van der Waals surface area contributed by atoms with Crippen molar-refractivity contribution in [2.75, 3.05) is 19.6 Å². The maximum Gasteiger partial charge on any atom is 0.265 e. The minimum Gasteiger partial charge on any atom is -0.350 e. The normalized spacial score (nSPS) is 16.9. The molecule has 0 spiro atoms. The van der Waals surface area contributed by atoms with Crippen molar-refractivity contribution in [1.82, 2.24) is 20.7 Å². The molecular weight excluding hydrogens is 375 g/mol.